The van der Waals surface area contributed by atoms with Gasteiger partial charge in [-0.05, 0) is 37.8 Å². The molecule has 0 saturated heterocycles. The maximum Gasteiger partial charge on any atom is 0.411 e. The molecule has 2 heterocycles. The van der Waals surface area contributed by atoms with Gasteiger partial charge < -0.3 is 10.5 Å². The van der Waals surface area contributed by atoms with Crippen molar-refractivity contribution in [2.24, 2.45) is 5.73 Å². The predicted molar refractivity (Wildman–Crippen MR) is 97.5 cm³/mol. The molecule has 0 aliphatic carbocycles. The van der Waals surface area contributed by atoms with E-state index in [1.54, 1.807) is 32.1 Å². The molecule has 7 heteroatoms. The number of hydrogen-bond donors (Lipinski definition) is 1. The van der Waals surface area contributed by atoms with Crippen LogP contribution in [0.15, 0.2) is 24.3 Å². The second kappa shape index (κ2) is 6.61. The molecule has 130 valence electrons. The number of hydrogen-bond acceptors (Lipinski definition) is 4. The zero-order valence-electron chi connectivity index (χ0n) is 13.9. The van der Waals surface area contributed by atoms with Crippen molar-refractivity contribution in [3.05, 3.63) is 34.7 Å². The number of fused-ring (bicyclic) bond motifs is 3. The van der Waals surface area contributed by atoms with Crippen LogP contribution < -0.4 is 5.73 Å². The SMILES string of the molecule is CC(C)(C)OC(=O)N1Cc2sc3ccccc3c2C[C@@H]1C(N)=O.Cl. The van der Waals surface area contributed by atoms with E-state index in [0.29, 0.717) is 13.0 Å². The number of ether oxygens (including phenoxy) is 1. The average Bonchev–Trinajstić information content (AvgIpc) is 2.81. The Hall–Kier alpha value is -1.79. The van der Waals surface area contributed by atoms with Gasteiger partial charge in [-0.25, -0.2) is 4.79 Å². The summed E-state index contributed by atoms with van der Waals surface area (Å²) < 4.78 is 6.59. The lowest BCUT2D eigenvalue weighted by Gasteiger charge is -2.35. The molecule has 1 aliphatic heterocycles. The van der Waals surface area contributed by atoms with Crippen molar-refractivity contribution in [2.75, 3.05) is 0 Å². The Labute approximate surface area is 151 Å². The number of thiophene rings is 1. The lowest BCUT2D eigenvalue weighted by molar-refractivity contribution is -0.123. The van der Waals surface area contributed by atoms with Crippen LogP contribution in [-0.2, 0) is 22.5 Å². The van der Waals surface area contributed by atoms with Crippen LogP contribution in [0.2, 0.25) is 0 Å². The second-order valence-electron chi connectivity index (χ2n) is 6.73. The van der Waals surface area contributed by atoms with Crippen molar-refractivity contribution in [1.82, 2.24) is 4.90 Å². The van der Waals surface area contributed by atoms with Crippen LogP contribution in [0, 0.1) is 0 Å². The van der Waals surface area contributed by atoms with E-state index in [1.165, 1.54) is 4.90 Å². The second-order valence-corrected chi connectivity index (χ2v) is 7.87. The molecular weight excluding hydrogens is 348 g/mol. The highest BCUT2D eigenvalue weighted by molar-refractivity contribution is 7.19. The number of amides is 2. The Kier molecular flexibility index (Phi) is 5.11. The number of benzene rings is 1. The Morgan fingerprint density at radius 2 is 1.96 bits per heavy atom. The molecule has 2 N–H and O–H groups in total. The first-order chi connectivity index (χ1) is 10.8. The van der Waals surface area contributed by atoms with Gasteiger partial charge in [-0.3, -0.25) is 9.69 Å². The standard InChI is InChI=1S/C17H20N2O3S.ClH/c1-17(2,3)22-16(21)19-9-14-11(8-12(19)15(18)20)10-6-4-5-7-13(10)23-14;/h4-7,12H,8-9H2,1-3H3,(H2,18,20);1H/t12-;/m1./s1. The minimum absolute atomic E-state index is 0. The fraction of sp³-hybridized carbons (Fsp3) is 0.412. The first-order valence-electron chi connectivity index (χ1n) is 7.54. The van der Waals surface area contributed by atoms with Crippen LogP contribution in [-0.4, -0.2) is 28.5 Å². The number of rotatable bonds is 1. The largest absolute Gasteiger partial charge is 0.444 e. The van der Waals surface area contributed by atoms with Gasteiger partial charge in [-0.1, -0.05) is 18.2 Å². The Morgan fingerprint density at radius 3 is 2.58 bits per heavy atom. The molecule has 1 aromatic carbocycles. The van der Waals surface area contributed by atoms with Crippen molar-refractivity contribution in [1.29, 1.82) is 0 Å². The van der Waals surface area contributed by atoms with Gasteiger partial charge in [-0.15, -0.1) is 23.7 Å². The van der Waals surface area contributed by atoms with E-state index < -0.39 is 23.6 Å². The normalized spacial score (nSPS) is 17.1. The van der Waals surface area contributed by atoms with Gasteiger partial charge in [0.15, 0.2) is 0 Å². The zero-order valence-corrected chi connectivity index (χ0v) is 15.5. The van der Waals surface area contributed by atoms with Gasteiger partial charge in [0.2, 0.25) is 5.91 Å². The fourth-order valence-corrected chi connectivity index (χ4v) is 4.07. The fourth-order valence-electron chi connectivity index (χ4n) is 2.84. The van der Waals surface area contributed by atoms with Crippen molar-refractivity contribution < 1.29 is 14.3 Å². The third kappa shape index (κ3) is 3.49. The molecule has 5 nitrogen and oxygen atoms in total. The molecule has 0 bridgehead atoms. The van der Waals surface area contributed by atoms with Crippen LogP contribution in [0.25, 0.3) is 10.1 Å². The van der Waals surface area contributed by atoms with Crippen molar-refractivity contribution in [3.63, 3.8) is 0 Å². The summed E-state index contributed by atoms with van der Waals surface area (Å²) in [5.41, 5.74) is 6.05. The predicted octanol–water partition coefficient (Wildman–Crippen LogP) is 3.47. The van der Waals surface area contributed by atoms with Gasteiger partial charge in [0, 0.05) is 16.0 Å². The van der Waals surface area contributed by atoms with Crippen LogP contribution in [0.3, 0.4) is 0 Å². The summed E-state index contributed by atoms with van der Waals surface area (Å²) in [6.07, 6.45) is -0.0575. The molecule has 1 aliphatic rings. The molecule has 1 atom stereocenters. The number of nitrogens with zero attached hydrogens (tertiary/aromatic N) is 1. The maximum atomic E-state index is 12.5. The summed E-state index contributed by atoms with van der Waals surface area (Å²) in [6, 6.07) is 7.40. The molecule has 0 fully saturated rings. The summed E-state index contributed by atoms with van der Waals surface area (Å²) in [7, 11) is 0. The number of carbonyl (C=O) groups is 2. The molecule has 2 aromatic rings. The molecule has 0 unspecified atom stereocenters. The van der Waals surface area contributed by atoms with Crippen molar-refractivity contribution in [3.8, 4) is 0 Å². The summed E-state index contributed by atoms with van der Waals surface area (Å²) in [5, 5.41) is 1.14. The van der Waals surface area contributed by atoms with Crippen LogP contribution >= 0.6 is 23.7 Å². The zero-order chi connectivity index (χ0) is 16.8. The van der Waals surface area contributed by atoms with E-state index in [-0.39, 0.29) is 12.4 Å². The van der Waals surface area contributed by atoms with E-state index in [4.69, 9.17) is 10.5 Å². The first kappa shape index (κ1) is 18.5. The topological polar surface area (TPSA) is 72.6 Å². The summed E-state index contributed by atoms with van der Waals surface area (Å²) in [4.78, 5) is 26.9. The molecule has 0 radical (unpaired) electrons. The van der Waals surface area contributed by atoms with E-state index in [9.17, 15) is 9.59 Å². The summed E-state index contributed by atoms with van der Waals surface area (Å²) in [6.45, 7) is 5.77. The lowest BCUT2D eigenvalue weighted by Crippen LogP contribution is -2.52. The molecule has 0 spiro atoms. The molecule has 24 heavy (non-hydrogen) atoms. The monoisotopic (exact) mass is 368 g/mol. The van der Waals surface area contributed by atoms with Gasteiger partial charge in [0.25, 0.3) is 0 Å². The highest BCUT2D eigenvalue weighted by atomic mass is 35.5. The third-order valence-electron chi connectivity index (χ3n) is 3.83. The highest BCUT2D eigenvalue weighted by Gasteiger charge is 2.37. The molecule has 1 aromatic heterocycles. The third-order valence-corrected chi connectivity index (χ3v) is 5.02. The molecule has 3 rings (SSSR count). The summed E-state index contributed by atoms with van der Waals surface area (Å²) >= 11 is 1.65. The van der Waals surface area contributed by atoms with E-state index in [0.717, 1.165) is 20.5 Å². The van der Waals surface area contributed by atoms with E-state index >= 15 is 0 Å². The average molecular weight is 369 g/mol. The Morgan fingerprint density at radius 1 is 1.29 bits per heavy atom. The number of halogens is 1. The van der Waals surface area contributed by atoms with E-state index in [1.807, 2.05) is 18.2 Å². The van der Waals surface area contributed by atoms with Gasteiger partial charge >= 0.3 is 6.09 Å². The first-order valence-corrected chi connectivity index (χ1v) is 8.36. The Balaban J connectivity index is 0.00000208. The smallest absolute Gasteiger partial charge is 0.411 e. The van der Waals surface area contributed by atoms with Gasteiger partial charge in [-0.2, -0.15) is 0 Å². The highest BCUT2D eigenvalue weighted by Crippen LogP contribution is 2.37. The molecule has 2 amide bonds. The number of carbonyl (C=O) groups excluding carboxylic acids is 2. The van der Waals surface area contributed by atoms with E-state index in [2.05, 4.69) is 6.07 Å². The quantitative estimate of drug-likeness (QED) is 0.837. The minimum atomic E-state index is -0.671. The lowest BCUT2D eigenvalue weighted by atomic mass is 9.97. The van der Waals surface area contributed by atoms with Gasteiger partial charge in [0.1, 0.15) is 11.6 Å². The van der Waals surface area contributed by atoms with Crippen molar-refractivity contribution >= 4 is 45.8 Å². The van der Waals surface area contributed by atoms with Crippen LogP contribution in [0.4, 0.5) is 4.79 Å². The van der Waals surface area contributed by atoms with Crippen LogP contribution in [0.5, 0.6) is 0 Å². The van der Waals surface area contributed by atoms with Crippen molar-refractivity contribution in [2.45, 2.75) is 45.4 Å². The van der Waals surface area contributed by atoms with Gasteiger partial charge in [0.05, 0.1) is 6.54 Å². The minimum Gasteiger partial charge on any atom is -0.444 e. The van der Waals surface area contributed by atoms with Crippen LogP contribution in [0.1, 0.15) is 31.2 Å². The Bertz CT molecular complexity index is 782. The molecule has 0 saturated carbocycles. The molecular formula is C17H21ClN2O3S. The number of primary amides is 1. The maximum absolute atomic E-state index is 12.5. The summed E-state index contributed by atoms with van der Waals surface area (Å²) in [5.74, 6) is -0.503. The number of nitrogens with two attached hydrogens (primary N) is 1.